The van der Waals surface area contributed by atoms with E-state index in [1.54, 1.807) is 12.1 Å². The average Bonchev–Trinajstić information content (AvgIpc) is 2.62. The zero-order chi connectivity index (χ0) is 19.2. The number of piperidine rings is 1. The summed E-state index contributed by atoms with van der Waals surface area (Å²) in [6, 6.07) is 12.7. The molecule has 2 aliphatic heterocycles. The molecular weight excluding hydrogens is 362 g/mol. The summed E-state index contributed by atoms with van der Waals surface area (Å²) in [5, 5.41) is 0. The van der Waals surface area contributed by atoms with Gasteiger partial charge in [0.05, 0.1) is 16.9 Å². The van der Waals surface area contributed by atoms with Crippen LogP contribution in [0.4, 0.5) is 0 Å². The third-order valence-electron chi connectivity index (χ3n) is 5.58. The Morgan fingerprint density at radius 3 is 2.44 bits per heavy atom. The van der Waals surface area contributed by atoms with Crippen molar-refractivity contribution in [2.45, 2.75) is 43.6 Å². The van der Waals surface area contributed by atoms with Crippen molar-refractivity contribution in [1.82, 2.24) is 4.31 Å². The first-order valence-corrected chi connectivity index (χ1v) is 10.6. The number of fused-ring (bicyclic) bond motifs is 1. The number of aryl methyl sites for hydroxylation is 2. The quantitative estimate of drug-likeness (QED) is 0.794. The zero-order valence-electron chi connectivity index (χ0n) is 15.6. The predicted molar refractivity (Wildman–Crippen MR) is 103 cm³/mol. The van der Waals surface area contributed by atoms with E-state index in [4.69, 9.17) is 4.74 Å². The van der Waals surface area contributed by atoms with Crippen molar-refractivity contribution in [3.8, 4) is 5.75 Å². The summed E-state index contributed by atoms with van der Waals surface area (Å²) in [7, 11) is -3.55. The second-order valence-corrected chi connectivity index (χ2v) is 9.46. The first-order chi connectivity index (χ1) is 12.8. The summed E-state index contributed by atoms with van der Waals surface area (Å²) >= 11 is 0. The summed E-state index contributed by atoms with van der Waals surface area (Å²) < 4.78 is 33.9. The Morgan fingerprint density at radius 1 is 1.04 bits per heavy atom. The molecule has 0 aliphatic carbocycles. The Hall–Kier alpha value is -2.18. The zero-order valence-corrected chi connectivity index (χ0v) is 16.4. The number of nitrogens with zero attached hydrogens (tertiary/aromatic N) is 1. The van der Waals surface area contributed by atoms with Crippen molar-refractivity contribution in [2.75, 3.05) is 13.1 Å². The lowest BCUT2D eigenvalue weighted by Crippen LogP contribution is -2.52. The lowest BCUT2D eigenvalue weighted by molar-refractivity contribution is 0.00591. The third-order valence-corrected chi connectivity index (χ3v) is 7.64. The van der Waals surface area contributed by atoms with Gasteiger partial charge in [-0.25, -0.2) is 8.42 Å². The lowest BCUT2D eigenvalue weighted by Gasteiger charge is -2.43. The van der Waals surface area contributed by atoms with E-state index in [0.717, 1.165) is 11.1 Å². The number of benzene rings is 2. The Balaban J connectivity index is 1.55. The molecule has 4 rings (SSSR count). The number of carbonyl (C=O) groups excluding carboxylic acids is 1. The van der Waals surface area contributed by atoms with Gasteiger partial charge in [-0.05, 0) is 37.6 Å². The second-order valence-electron chi connectivity index (χ2n) is 7.55. The molecule has 5 nitrogen and oxygen atoms in total. The molecule has 1 spiro atoms. The van der Waals surface area contributed by atoms with Crippen LogP contribution in [0, 0.1) is 13.8 Å². The molecule has 6 heteroatoms. The molecular formula is C21H23NO4S. The molecule has 1 saturated heterocycles. The molecule has 0 saturated carbocycles. The summed E-state index contributed by atoms with van der Waals surface area (Å²) in [6.45, 7) is 4.48. The van der Waals surface area contributed by atoms with E-state index in [1.165, 1.54) is 4.31 Å². The molecule has 2 heterocycles. The Labute approximate surface area is 160 Å². The summed E-state index contributed by atoms with van der Waals surface area (Å²) in [4.78, 5) is 12.9. The molecule has 0 bridgehead atoms. The van der Waals surface area contributed by atoms with Crippen LogP contribution in [0.2, 0.25) is 0 Å². The topological polar surface area (TPSA) is 63.7 Å². The van der Waals surface area contributed by atoms with Gasteiger partial charge in [0.15, 0.2) is 5.78 Å². The number of para-hydroxylation sites is 1. The van der Waals surface area contributed by atoms with Gasteiger partial charge in [0, 0.05) is 25.9 Å². The van der Waals surface area contributed by atoms with Crippen LogP contribution in [-0.4, -0.2) is 37.2 Å². The standard InChI is InChI=1S/C21H23NO4S/c1-15-7-8-20(16(2)13-15)27(24,25)22-11-9-21(10-12-22)14-18(23)17-5-3-4-6-19(17)26-21/h3-8,13H,9-12,14H2,1-2H3. The average molecular weight is 385 g/mol. The van der Waals surface area contributed by atoms with E-state index in [-0.39, 0.29) is 5.78 Å². The Kier molecular flexibility index (Phi) is 4.35. The first kappa shape index (κ1) is 18.2. The van der Waals surface area contributed by atoms with Crippen LogP contribution in [0.5, 0.6) is 5.75 Å². The minimum absolute atomic E-state index is 0.0718. The summed E-state index contributed by atoms with van der Waals surface area (Å²) in [5.74, 6) is 0.682. The monoisotopic (exact) mass is 385 g/mol. The van der Waals surface area contributed by atoms with E-state index >= 15 is 0 Å². The van der Waals surface area contributed by atoms with Gasteiger partial charge in [0.1, 0.15) is 11.4 Å². The summed E-state index contributed by atoms with van der Waals surface area (Å²) in [5.41, 5.74) is 1.82. The number of Topliss-reactive ketones (excluding diaryl/α,β-unsaturated/α-hetero) is 1. The van der Waals surface area contributed by atoms with Gasteiger partial charge in [-0.3, -0.25) is 4.79 Å². The number of sulfonamides is 1. The normalized spacial score (nSPS) is 19.6. The molecule has 142 valence electrons. The van der Waals surface area contributed by atoms with Crippen molar-refractivity contribution in [2.24, 2.45) is 0 Å². The minimum Gasteiger partial charge on any atom is -0.486 e. The van der Waals surface area contributed by atoms with Crippen molar-refractivity contribution in [3.63, 3.8) is 0 Å². The van der Waals surface area contributed by atoms with Crippen LogP contribution in [-0.2, 0) is 10.0 Å². The third kappa shape index (κ3) is 3.17. The molecule has 2 aliphatic rings. The second kappa shape index (κ2) is 6.46. The van der Waals surface area contributed by atoms with E-state index in [1.807, 2.05) is 44.2 Å². The van der Waals surface area contributed by atoms with E-state index in [0.29, 0.717) is 48.6 Å². The van der Waals surface area contributed by atoms with Crippen LogP contribution in [0.1, 0.15) is 40.7 Å². The van der Waals surface area contributed by atoms with Gasteiger partial charge in [-0.1, -0.05) is 29.8 Å². The molecule has 27 heavy (non-hydrogen) atoms. The van der Waals surface area contributed by atoms with Crippen molar-refractivity contribution in [3.05, 3.63) is 59.2 Å². The fraction of sp³-hybridized carbons (Fsp3) is 0.381. The molecule has 0 aromatic heterocycles. The fourth-order valence-corrected chi connectivity index (χ4v) is 5.73. The molecule has 2 aromatic carbocycles. The highest BCUT2D eigenvalue weighted by Crippen LogP contribution is 2.40. The fourth-order valence-electron chi connectivity index (χ4n) is 4.08. The largest absolute Gasteiger partial charge is 0.486 e. The van der Waals surface area contributed by atoms with Gasteiger partial charge < -0.3 is 4.74 Å². The number of ketones is 1. The number of hydrogen-bond donors (Lipinski definition) is 0. The molecule has 0 amide bonds. The highest BCUT2D eigenvalue weighted by molar-refractivity contribution is 7.89. The molecule has 1 fully saturated rings. The smallest absolute Gasteiger partial charge is 0.243 e. The van der Waals surface area contributed by atoms with Gasteiger partial charge >= 0.3 is 0 Å². The molecule has 0 unspecified atom stereocenters. The van der Waals surface area contributed by atoms with Gasteiger partial charge in [-0.2, -0.15) is 4.31 Å². The molecule has 0 atom stereocenters. The maximum Gasteiger partial charge on any atom is 0.243 e. The number of carbonyl (C=O) groups is 1. The van der Waals surface area contributed by atoms with Crippen LogP contribution >= 0.6 is 0 Å². The van der Waals surface area contributed by atoms with Crippen LogP contribution in [0.3, 0.4) is 0 Å². The van der Waals surface area contributed by atoms with E-state index < -0.39 is 15.6 Å². The molecule has 0 radical (unpaired) electrons. The SMILES string of the molecule is Cc1ccc(S(=O)(=O)N2CCC3(CC2)CC(=O)c2ccccc2O3)c(C)c1. The Morgan fingerprint density at radius 2 is 1.74 bits per heavy atom. The van der Waals surface area contributed by atoms with Gasteiger partial charge in [-0.15, -0.1) is 0 Å². The van der Waals surface area contributed by atoms with E-state index in [9.17, 15) is 13.2 Å². The molecule has 2 aromatic rings. The van der Waals surface area contributed by atoms with Gasteiger partial charge in [0.25, 0.3) is 0 Å². The highest BCUT2D eigenvalue weighted by atomic mass is 32.2. The maximum absolute atomic E-state index is 13.1. The predicted octanol–water partition coefficient (Wildman–Crippen LogP) is 3.49. The minimum atomic E-state index is -3.55. The lowest BCUT2D eigenvalue weighted by atomic mass is 9.83. The van der Waals surface area contributed by atoms with Crippen molar-refractivity contribution < 1.29 is 17.9 Å². The van der Waals surface area contributed by atoms with Crippen LogP contribution < -0.4 is 4.74 Å². The molecule has 0 N–H and O–H groups in total. The van der Waals surface area contributed by atoms with Crippen molar-refractivity contribution >= 4 is 15.8 Å². The van der Waals surface area contributed by atoms with E-state index in [2.05, 4.69) is 0 Å². The summed E-state index contributed by atoms with van der Waals surface area (Å²) in [6.07, 6.45) is 1.33. The van der Waals surface area contributed by atoms with Crippen molar-refractivity contribution in [1.29, 1.82) is 0 Å². The van der Waals surface area contributed by atoms with Crippen LogP contribution in [0.15, 0.2) is 47.4 Å². The Bertz CT molecular complexity index is 1000. The number of hydrogen-bond acceptors (Lipinski definition) is 4. The van der Waals surface area contributed by atoms with Crippen LogP contribution in [0.25, 0.3) is 0 Å². The number of ether oxygens (including phenoxy) is 1. The first-order valence-electron chi connectivity index (χ1n) is 9.19. The number of rotatable bonds is 2. The maximum atomic E-state index is 13.1. The highest BCUT2D eigenvalue weighted by Gasteiger charge is 2.45. The van der Waals surface area contributed by atoms with Gasteiger partial charge in [0.2, 0.25) is 10.0 Å².